The molecule has 1 aromatic carbocycles. The summed E-state index contributed by atoms with van der Waals surface area (Å²) in [5, 5.41) is 3.75. The number of ether oxygens (including phenoxy) is 1. The fourth-order valence-corrected chi connectivity index (χ4v) is 3.55. The number of anilines is 1. The van der Waals surface area contributed by atoms with E-state index in [2.05, 4.69) is 10.3 Å². The minimum atomic E-state index is -0.489. The van der Waals surface area contributed by atoms with Crippen LogP contribution < -0.4 is 10.1 Å². The third-order valence-electron chi connectivity index (χ3n) is 4.81. The van der Waals surface area contributed by atoms with Crippen molar-refractivity contribution in [3.63, 3.8) is 0 Å². The average molecular weight is 345 g/mol. The molecule has 1 aromatic heterocycles. The predicted octanol–water partition coefficient (Wildman–Crippen LogP) is 4.50. The van der Waals surface area contributed by atoms with E-state index in [9.17, 15) is 4.79 Å². The number of aryl methyl sites for hydroxylation is 1. The molecule has 4 nitrogen and oxygen atoms in total. The van der Waals surface area contributed by atoms with E-state index in [1.807, 2.05) is 37.3 Å². The van der Waals surface area contributed by atoms with E-state index >= 15 is 0 Å². The summed E-state index contributed by atoms with van der Waals surface area (Å²) in [6.45, 7) is 1.86. The first-order valence-corrected chi connectivity index (χ1v) is 8.52. The number of pyridine rings is 1. The number of nitrogens with one attached hydrogen (secondary N) is 1. The maximum atomic E-state index is 13.1. The molecule has 1 amide bonds. The summed E-state index contributed by atoms with van der Waals surface area (Å²) in [6, 6.07) is 11.2. The first-order valence-electron chi connectivity index (χ1n) is 8.14. The Balaban J connectivity index is 1.89. The summed E-state index contributed by atoms with van der Waals surface area (Å²) < 4.78 is 5.12. The molecule has 0 spiro atoms. The van der Waals surface area contributed by atoms with Crippen LogP contribution in [0.15, 0.2) is 36.4 Å². The van der Waals surface area contributed by atoms with Gasteiger partial charge in [0.15, 0.2) is 0 Å². The Morgan fingerprint density at radius 1 is 1.17 bits per heavy atom. The van der Waals surface area contributed by atoms with Gasteiger partial charge in [-0.2, -0.15) is 0 Å². The van der Waals surface area contributed by atoms with Gasteiger partial charge in [0.05, 0.1) is 23.9 Å². The van der Waals surface area contributed by atoms with Crippen LogP contribution in [-0.2, 0) is 10.2 Å². The maximum Gasteiger partial charge on any atom is 0.235 e. The molecule has 0 radical (unpaired) electrons. The van der Waals surface area contributed by atoms with Gasteiger partial charge in [0.25, 0.3) is 0 Å². The molecule has 1 N–H and O–H groups in total. The fraction of sp³-hybridized carbons (Fsp3) is 0.368. The van der Waals surface area contributed by atoms with Crippen molar-refractivity contribution in [2.24, 2.45) is 0 Å². The minimum absolute atomic E-state index is 0.0254. The van der Waals surface area contributed by atoms with Crippen molar-refractivity contribution in [3.8, 4) is 5.88 Å². The molecule has 0 aliphatic heterocycles. The van der Waals surface area contributed by atoms with Gasteiger partial charge in [0, 0.05) is 11.1 Å². The Morgan fingerprint density at radius 3 is 2.42 bits per heavy atom. The molecule has 0 saturated heterocycles. The highest BCUT2D eigenvalue weighted by atomic mass is 35.5. The molecule has 1 heterocycles. The number of methoxy groups -OCH3 is 1. The van der Waals surface area contributed by atoms with Crippen LogP contribution in [0.5, 0.6) is 5.88 Å². The van der Waals surface area contributed by atoms with Crippen molar-refractivity contribution in [3.05, 3.63) is 52.7 Å². The lowest BCUT2D eigenvalue weighted by Gasteiger charge is -2.28. The van der Waals surface area contributed by atoms with Crippen LogP contribution in [0, 0.1) is 6.92 Å². The second kappa shape index (κ2) is 6.81. The number of amides is 1. The Labute approximate surface area is 147 Å². The fourth-order valence-electron chi connectivity index (χ4n) is 3.42. The number of carbonyl (C=O) groups is 1. The Bertz CT molecular complexity index is 738. The summed E-state index contributed by atoms with van der Waals surface area (Å²) in [5.74, 6) is 0.566. The normalized spacial score (nSPS) is 16.0. The molecule has 1 fully saturated rings. The summed E-state index contributed by atoms with van der Waals surface area (Å²) >= 11 is 6.00. The van der Waals surface area contributed by atoms with Gasteiger partial charge in [0.1, 0.15) is 0 Å². The molecular formula is C19H21ClN2O2. The highest BCUT2D eigenvalue weighted by molar-refractivity contribution is 6.30. The highest BCUT2D eigenvalue weighted by Gasteiger charge is 2.42. The van der Waals surface area contributed by atoms with Crippen LogP contribution in [0.3, 0.4) is 0 Å². The predicted molar refractivity (Wildman–Crippen MR) is 95.8 cm³/mol. The molecule has 1 saturated carbocycles. The molecular weight excluding hydrogens is 324 g/mol. The Morgan fingerprint density at radius 2 is 1.83 bits per heavy atom. The van der Waals surface area contributed by atoms with E-state index in [1.54, 1.807) is 13.2 Å². The lowest BCUT2D eigenvalue weighted by molar-refractivity contribution is -0.121. The van der Waals surface area contributed by atoms with Gasteiger partial charge in [-0.3, -0.25) is 4.79 Å². The van der Waals surface area contributed by atoms with Crippen molar-refractivity contribution in [1.29, 1.82) is 0 Å². The van der Waals surface area contributed by atoms with Gasteiger partial charge in [-0.15, -0.1) is 0 Å². The minimum Gasteiger partial charge on any atom is -0.481 e. The van der Waals surface area contributed by atoms with Crippen molar-refractivity contribution < 1.29 is 9.53 Å². The average Bonchev–Trinajstić information content (AvgIpc) is 3.08. The summed E-state index contributed by atoms with van der Waals surface area (Å²) in [4.78, 5) is 17.4. The lowest BCUT2D eigenvalue weighted by atomic mass is 9.78. The van der Waals surface area contributed by atoms with E-state index < -0.39 is 5.41 Å². The second-order valence-corrected chi connectivity index (χ2v) is 6.67. The molecule has 2 aromatic rings. The molecule has 0 atom stereocenters. The van der Waals surface area contributed by atoms with Gasteiger partial charge >= 0.3 is 0 Å². The molecule has 5 heteroatoms. The van der Waals surface area contributed by atoms with Crippen LogP contribution in [0.2, 0.25) is 5.02 Å². The smallest absolute Gasteiger partial charge is 0.235 e. The number of hydrogen-bond acceptors (Lipinski definition) is 3. The van der Waals surface area contributed by atoms with Gasteiger partial charge in [-0.25, -0.2) is 4.98 Å². The molecule has 0 bridgehead atoms. The Kier molecular flexibility index (Phi) is 4.76. The second-order valence-electron chi connectivity index (χ2n) is 6.24. The zero-order chi connectivity index (χ0) is 17.2. The summed E-state index contributed by atoms with van der Waals surface area (Å²) in [5.41, 5.74) is 2.01. The number of benzene rings is 1. The number of rotatable bonds is 4. The van der Waals surface area contributed by atoms with Crippen LogP contribution >= 0.6 is 11.6 Å². The van der Waals surface area contributed by atoms with E-state index in [-0.39, 0.29) is 5.91 Å². The number of halogens is 1. The third-order valence-corrected chi connectivity index (χ3v) is 5.06. The quantitative estimate of drug-likeness (QED) is 0.888. The number of carbonyl (C=O) groups excluding carboxylic acids is 1. The number of nitrogens with zero attached hydrogens (tertiary/aromatic N) is 1. The van der Waals surface area contributed by atoms with Crippen LogP contribution in [0.1, 0.15) is 36.9 Å². The summed E-state index contributed by atoms with van der Waals surface area (Å²) in [7, 11) is 1.58. The molecule has 3 rings (SSSR count). The summed E-state index contributed by atoms with van der Waals surface area (Å²) in [6.07, 6.45) is 3.80. The molecule has 0 unspecified atom stereocenters. The molecule has 1 aliphatic carbocycles. The van der Waals surface area contributed by atoms with Crippen molar-refractivity contribution in [2.75, 3.05) is 12.4 Å². The van der Waals surface area contributed by atoms with Crippen LogP contribution in [-0.4, -0.2) is 18.0 Å². The standard InChI is InChI=1S/C19H21ClN2O2/c1-13-16(9-10-17(21-13)24-2)22-18(23)19(11-3-4-12-19)14-5-7-15(20)8-6-14/h5-10H,3-4,11-12H2,1-2H3,(H,22,23). The lowest BCUT2D eigenvalue weighted by Crippen LogP contribution is -2.38. The maximum absolute atomic E-state index is 13.1. The zero-order valence-corrected chi connectivity index (χ0v) is 14.7. The van der Waals surface area contributed by atoms with E-state index in [4.69, 9.17) is 16.3 Å². The largest absolute Gasteiger partial charge is 0.481 e. The highest BCUT2D eigenvalue weighted by Crippen LogP contribution is 2.42. The van der Waals surface area contributed by atoms with Crippen LogP contribution in [0.4, 0.5) is 5.69 Å². The van der Waals surface area contributed by atoms with E-state index in [0.29, 0.717) is 10.9 Å². The molecule has 24 heavy (non-hydrogen) atoms. The van der Waals surface area contributed by atoms with Gasteiger partial charge < -0.3 is 10.1 Å². The van der Waals surface area contributed by atoms with Crippen molar-refractivity contribution in [1.82, 2.24) is 4.98 Å². The first kappa shape index (κ1) is 16.8. The van der Waals surface area contributed by atoms with Gasteiger partial charge in [-0.05, 0) is 43.5 Å². The number of hydrogen-bond donors (Lipinski definition) is 1. The van der Waals surface area contributed by atoms with Gasteiger partial charge in [-0.1, -0.05) is 36.6 Å². The van der Waals surface area contributed by atoms with Crippen molar-refractivity contribution >= 4 is 23.2 Å². The first-order chi connectivity index (χ1) is 11.5. The van der Waals surface area contributed by atoms with Crippen LogP contribution in [0.25, 0.3) is 0 Å². The SMILES string of the molecule is COc1ccc(NC(=O)C2(c3ccc(Cl)cc3)CCCC2)c(C)n1. The van der Waals surface area contributed by atoms with E-state index in [0.717, 1.165) is 42.6 Å². The number of aromatic nitrogens is 1. The van der Waals surface area contributed by atoms with Crippen molar-refractivity contribution in [2.45, 2.75) is 38.0 Å². The monoisotopic (exact) mass is 344 g/mol. The third kappa shape index (κ3) is 3.11. The Hall–Kier alpha value is -2.07. The van der Waals surface area contributed by atoms with E-state index in [1.165, 1.54) is 0 Å². The van der Waals surface area contributed by atoms with Gasteiger partial charge in [0.2, 0.25) is 11.8 Å². The zero-order valence-electron chi connectivity index (χ0n) is 13.9. The molecule has 126 valence electrons. The topological polar surface area (TPSA) is 51.2 Å². The molecule has 1 aliphatic rings.